The maximum absolute atomic E-state index is 13.8. The molecule has 2 rings (SSSR count). The number of rotatable bonds is 4. The van der Waals surface area contributed by atoms with Crippen LogP contribution in [0.15, 0.2) is 36.4 Å². The van der Waals surface area contributed by atoms with Gasteiger partial charge in [0.05, 0.1) is 28.2 Å². The predicted octanol–water partition coefficient (Wildman–Crippen LogP) is 4.59. The maximum atomic E-state index is 13.8. The summed E-state index contributed by atoms with van der Waals surface area (Å²) in [5, 5.41) is 3.64. The molecular weight excluding hydrogens is 279 g/mol. The molecule has 0 aliphatic rings. The number of nitrogens with one attached hydrogen (secondary N) is 1. The van der Waals surface area contributed by atoms with E-state index < -0.39 is 5.82 Å². The zero-order valence-electron chi connectivity index (χ0n) is 11.3. The summed E-state index contributed by atoms with van der Waals surface area (Å²) < 4.78 is 19.2. The SMILES string of the molecule is CC(C)Oc1cc(Nc2ccccc2Cl)c(N)cc1F. The van der Waals surface area contributed by atoms with E-state index in [1.54, 1.807) is 6.07 Å². The second-order valence-corrected chi connectivity index (χ2v) is 5.05. The Morgan fingerprint density at radius 3 is 2.55 bits per heavy atom. The second-order valence-electron chi connectivity index (χ2n) is 4.64. The summed E-state index contributed by atoms with van der Waals surface area (Å²) in [5.41, 5.74) is 7.36. The van der Waals surface area contributed by atoms with Gasteiger partial charge in [0.15, 0.2) is 11.6 Å². The van der Waals surface area contributed by atoms with Crippen molar-refractivity contribution in [3.63, 3.8) is 0 Å². The molecule has 2 aromatic carbocycles. The predicted molar refractivity (Wildman–Crippen MR) is 81.3 cm³/mol. The Morgan fingerprint density at radius 1 is 1.20 bits per heavy atom. The van der Waals surface area contributed by atoms with Gasteiger partial charge in [0.1, 0.15) is 0 Å². The van der Waals surface area contributed by atoms with Gasteiger partial charge < -0.3 is 15.8 Å². The molecule has 0 amide bonds. The van der Waals surface area contributed by atoms with Crippen molar-refractivity contribution >= 4 is 28.7 Å². The molecule has 0 aliphatic heterocycles. The zero-order chi connectivity index (χ0) is 14.7. The van der Waals surface area contributed by atoms with Crippen LogP contribution in [0.25, 0.3) is 0 Å². The summed E-state index contributed by atoms with van der Waals surface area (Å²) in [6.45, 7) is 3.66. The second kappa shape index (κ2) is 6.01. The van der Waals surface area contributed by atoms with Gasteiger partial charge in [0, 0.05) is 12.1 Å². The highest BCUT2D eigenvalue weighted by atomic mass is 35.5. The number of halogens is 2. The van der Waals surface area contributed by atoms with Crippen LogP contribution < -0.4 is 15.8 Å². The van der Waals surface area contributed by atoms with Crippen molar-refractivity contribution in [2.24, 2.45) is 0 Å². The van der Waals surface area contributed by atoms with Crippen LogP contribution in [0.5, 0.6) is 5.75 Å². The molecule has 106 valence electrons. The van der Waals surface area contributed by atoms with Crippen LogP contribution in [0.4, 0.5) is 21.5 Å². The standard InChI is InChI=1S/C15H16ClFN2O/c1-9(2)20-15-8-14(12(18)7-11(15)17)19-13-6-4-3-5-10(13)16/h3-9,19H,18H2,1-2H3. The third-order valence-corrected chi connectivity index (χ3v) is 2.94. The maximum Gasteiger partial charge on any atom is 0.167 e. The first kappa shape index (κ1) is 14.5. The van der Waals surface area contributed by atoms with E-state index in [-0.39, 0.29) is 11.9 Å². The molecule has 0 saturated carbocycles. The Labute approximate surface area is 122 Å². The smallest absolute Gasteiger partial charge is 0.167 e. The van der Waals surface area contributed by atoms with E-state index in [4.69, 9.17) is 22.1 Å². The summed E-state index contributed by atoms with van der Waals surface area (Å²) in [5.74, 6) is -0.329. The summed E-state index contributed by atoms with van der Waals surface area (Å²) in [6.07, 6.45) is -0.124. The van der Waals surface area contributed by atoms with Crippen LogP contribution in [-0.4, -0.2) is 6.10 Å². The van der Waals surface area contributed by atoms with Gasteiger partial charge in [0.25, 0.3) is 0 Å². The van der Waals surface area contributed by atoms with E-state index in [1.807, 2.05) is 32.0 Å². The van der Waals surface area contributed by atoms with E-state index in [1.165, 1.54) is 12.1 Å². The highest BCUT2D eigenvalue weighted by Gasteiger charge is 2.11. The Morgan fingerprint density at radius 2 is 1.90 bits per heavy atom. The van der Waals surface area contributed by atoms with Crippen LogP contribution in [0.2, 0.25) is 5.02 Å². The third kappa shape index (κ3) is 3.33. The van der Waals surface area contributed by atoms with Gasteiger partial charge in [-0.15, -0.1) is 0 Å². The normalized spacial score (nSPS) is 10.7. The van der Waals surface area contributed by atoms with Crippen molar-refractivity contribution in [3.8, 4) is 5.75 Å². The van der Waals surface area contributed by atoms with E-state index in [2.05, 4.69) is 5.32 Å². The van der Waals surface area contributed by atoms with Crippen molar-refractivity contribution in [3.05, 3.63) is 47.2 Å². The van der Waals surface area contributed by atoms with E-state index in [0.717, 1.165) is 0 Å². The van der Waals surface area contributed by atoms with Gasteiger partial charge in [-0.2, -0.15) is 0 Å². The Balaban J connectivity index is 2.34. The number of hydrogen-bond donors (Lipinski definition) is 2. The first-order chi connectivity index (χ1) is 9.47. The van der Waals surface area contributed by atoms with Gasteiger partial charge in [0.2, 0.25) is 0 Å². The molecule has 20 heavy (non-hydrogen) atoms. The molecule has 5 heteroatoms. The van der Waals surface area contributed by atoms with Gasteiger partial charge in [-0.3, -0.25) is 0 Å². The number of anilines is 3. The molecule has 0 unspecified atom stereocenters. The number of nitrogens with two attached hydrogens (primary N) is 1. The van der Waals surface area contributed by atoms with Crippen molar-refractivity contribution < 1.29 is 9.13 Å². The minimum Gasteiger partial charge on any atom is -0.488 e. The quantitative estimate of drug-likeness (QED) is 0.811. The van der Waals surface area contributed by atoms with Crippen LogP contribution in [-0.2, 0) is 0 Å². The fraction of sp³-hybridized carbons (Fsp3) is 0.200. The fourth-order valence-electron chi connectivity index (χ4n) is 1.73. The summed E-state index contributed by atoms with van der Waals surface area (Å²) >= 11 is 6.07. The molecule has 0 atom stereocenters. The van der Waals surface area contributed by atoms with Gasteiger partial charge in [-0.1, -0.05) is 23.7 Å². The van der Waals surface area contributed by atoms with Gasteiger partial charge in [-0.05, 0) is 26.0 Å². The zero-order valence-corrected chi connectivity index (χ0v) is 12.0. The lowest BCUT2D eigenvalue weighted by atomic mass is 10.2. The van der Waals surface area contributed by atoms with E-state index in [0.29, 0.717) is 22.1 Å². The topological polar surface area (TPSA) is 47.3 Å². The number of benzene rings is 2. The Bertz CT molecular complexity index is 617. The largest absolute Gasteiger partial charge is 0.488 e. The lowest BCUT2D eigenvalue weighted by molar-refractivity contribution is 0.231. The molecule has 0 spiro atoms. The number of ether oxygens (including phenoxy) is 1. The molecule has 3 N–H and O–H groups in total. The average Bonchev–Trinajstić information content (AvgIpc) is 2.37. The summed E-state index contributed by atoms with van der Waals surface area (Å²) in [4.78, 5) is 0. The lowest BCUT2D eigenvalue weighted by Crippen LogP contribution is -2.08. The molecule has 3 nitrogen and oxygen atoms in total. The molecule has 0 aromatic heterocycles. The van der Waals surface area contributed by atoms with Crippen molar-refractivity contribution in [2.45, 2.75) is 20.0 Å². The van der Waals surface area contributed by atoms with Crippen molar-refractivity contribution in [1.82, 2.24) is 0 Å². The number of para-hydroxylation sites is 1. The van der Waals surface area contributed by atoms with Crippen LogP contribution in [0.3, 0.4) is 0 Å². The molecule has 0 radical (unpaired) electrons. The molecule has 0 aliphatic carbocycles. The minimum absolute atomic E-state index is 0.124. The van der Waals surface area contributed by atoms with Crippen LogP contribution >= 0.6 is 11.6 Å². The highest BCUT2D eigenvalue weighted by Crippen LogP contribution is 2.33. The highest BCUT2D eigenvalue weighted by molar-refractivity contribution is 6.33. The molecular formula is C15H16ClFN2O. The molecule has 0 fully saturated rings. The third-order valence-electron chi connectivity index (χ3n) is 2.61. The molecule has 0 heterocycles. The molecule has 2 aromatic rings. The number of nitrogen functional groups attached to an aromatic ring is 1. The monoisotopic (exact) mass is 294 g/mol. The summed E-state index contributed by atoms with van der Waals surface area (Å²) in [6, 6.07) is 10.0. The Kier molecular flexibility index (Phi) is 4.35. The first-order valence-corrected chi connectivity index (χ1v) is 6.62. The fourth-order valence-corrected chi connectivity index (χ4v) is 1.91. The van der Waals surface area contributed by atoms with Gasteiger partial charge >= 0.3 is 0 Å². The lowest BCUT2D eigenvalue weighted by Gasteiger charge is -2.15. The molecule has 0 bridgehead atoms. The van der Waals surface area contributed by atoms with Crippen LogP contribution in [0, 0.1) is 5.82 Å². The molecule has 0 saturated heterocycles. The minimum atomic E-state index is -0.485. The van der Waals surface area contributed by atoms with Crippen LogP contribution in [0.1, 0.15) is 13.8 Å². The van der Waals surface area contributed by atoms with Crippen molar-refractivity contribution in [2.75, 3.05) is 11.1 Å². The van der Waals surface area contributed by atoms with Crippen molar-refractivity contribution in [1.29, 1.82) is 0 Å². The van der Waals surface area contributed by atoms with E-state index >= 15 is 0 Å². The number of hydrogen-bond acceptors (Lipinski definition) is 3. The summed E-state index contributed by atoms with van der Waals surface area (Å²) in [7, 11) is 0. The first-order valence-electron chi connectivity index (χ1n) is 6.24. The average molecular weight is 295 g/mol. The Hall–Kier alpha value is -1.94. The van der Waals surface area contributed by atoms with Gasteiger partial charge in [-0.25, -0.2) is 4.39 Å². The van der Waals surface area contributed by atoms with E-state index in [9.17, 15) is 4.39 Å².